The summed E-state index contributed by atoms with van der Waals surface area (Å²) in [6.45, 7) is 8.24. The highest BCUT2D eigenvalue weighted by Crippen LogP contribution is 2.39. The number of fused-ring (bicyclic) bond motifs is 1. The van der Waals surface area contributed by atoms with Gasteiger partial charge in [0, 0.05) is 39.5 Å². The maximum absolute atomic E-state index is 13.4. The van der Waals surface area contributed by atoms with Crippen molar-refractivity contribution in [3.63, 3.8) is 0 Å². The number of carbonyl (C=O) groups is 2. The van der Waals surface area contributed by atoms with Gasteiger partial charge in [-0.1, -0.05) is 25.3 Å². The molecule has 3 aromatic rings. The Morgan fingerprint density at radius 2 is 1.80 bits per heavy atom. The van der Waals surface area contributed by atoms with Crippen molar-refractivity contribution < 1.29 is 23.1 Å². The topological polar surface area (TPSA) is 118 Å². The fourth-order valence-electron chi connectivity index (χ4n) is 6.09. The van der Waals surface area contributed by atoms with Gasteiger partial charge in [-0.3, -0.25) is 9.59 Å². The zero-order valence-corrected chi connectivity index (χ0v) is 25.3. The molecule has 2 aliphatic carbocycles. The summed E-state index contributed by atoms with van der Waals surface area (Å²) in [5, 5.41) is 14.8. The third kappa shape index (κ3) is 5.85. The van der Waals surface area contributed by atoms with Crippen LogP contribution in [0.4, 0.5) is 0 Å². The molecule has 3 N–H and O–H groups in total. The van der Waals surface area contributed by atoms with E-state index in [1.165, 1.54) is 30.6 Å². The van der Waals surface area contributed by atoms with E-state index in [1.807, 2.05) is 51.3 Å². The molecule has 2 heterocycles. The van der Waals surface area contributed by atoms with E-state index in [0.717, 1.165) is 41.0 Å². The standard InChI is InChI=1S/C30H39N3O5S2/c1-18-24(28(34)31-21-14-20(15-21)29(35)36)16-25(33(18)17-19-8-6-5-7-9-19)22-10-11-26(23-12-13-39-27(22)23)40(37,38)32-30(2,3)4/h10-13,16,19-21,32H,5-9,14-15,17H2,1-4H3,(H,31,34)(H,35,36). The molecule has 10 heteroatoms. The van der Waals surface area contributed by atoms with Gasteiger partial charge in [0.25, 0.3) is 5.91 Å². The number of nitrogens with one attached hydrogen (secondary N) is 2. The number of sulfonamides is 1. The summed E-state index contributed by atoms with van der Waals surface area (Å²) in [5.74, 6) is -0.879. The molecule has 5 rings (SSSR count). The van der Waals surface area contributed by atoms with Gasteiger partial charge in [0.05, 0.1) is 22.1 Å². The molecule has 2 aliphatic rings. The van der Waals surface area contributed by atoms with Crippen LogP contribution in [0, 0.1) is 18.8 Å². The molecule has 0 atom stereocenters. The number of thiophene rings is 1. The van der Waals surface area contributed by atoms with Gasteiger partial charge >= 0.3 is 5.97 Å². The van der Waals surface area contributed by atoms with Crippen molar-refractivity contribution in [1.29, 1.82) is 0 Å². The minimum absolute atomic E-state index is 0.137. The van der Waals surface area contributed by atoms with Gasteiger partial charge in [0.1, 0.15) is 0 Å². The molecule has 0 radical (unpaired) electrons. The average molecular weight is 586 g/mol. The Balaban J connectivity index is 1.54. The van der Waals surface area contributed by atoms with E-state index < -0.39 is 27.4 Å². The highest BCUT2D eigenvalue weighted by molar-refractivity contribution is 7.89. The first-order valence-electron chi connectivity index (χ1n) is 14.1. The second-order valence-electron chi connectivity index (χ2n) is 12.5. The largest absolute Gasteiger partial charge is 0.481 e. The van der Waals surface area contributed by atoms with Crippen LogP contribution in [0.5, 0.6) is 0 Å². The van der Waals surface area contributed by atoms with Crippen molar-refractivity contribution >= 4 is 43.3 Å². The Morgan fingerprint density at radius 1 is 1.10 bits per heavy atom. The molecule has 0 bridgehead atoms. The minimum Gasteiger partial charge on any atom is -0.481 e. The van der Waals surface area contributed by atoms with E-state index in [2.05, 4.69) is 14.6 Å². The van der Waals surface area contributed by atoms with Crippen LogP contribution in [0.1, 0.15) is 81.8 Å². The fraction of sp³-hybridized carbons (Fsp3) is 0.533. The summed E-state index contributed by atoms with van der Waals surface area (Å²) >= 11 is 1.50. The number of hydrogen-bond acceptors (Lipinski definition) is 5. The lowest BCUT2D eigenvalue weighted by atomic mass is 9.80. The Kier molecular flexibility index (Phi) is 7.89. The number of aliphatic carboxylic acids is 1. The first kappa shape index (κ1) is 28.8. The van der Waals surface area contributed by atoms with Crippen molar-refractivity contribution in [1.82, 2.24) is 14.6 Å². The number of aromatic nitrogens is 1. The number of carboxylic acid groups (broad SMARTS) is 1. The van der Waals surface area contributed by atoms with Crippen molar-refractivity contribution in [3.05, 3.63) is 40.9 Å². The number of amides is 1. The Hall–Kier alpha value is -2.69. The van der Waals surface area contributed by atoms with Crippen LogP contribution in [0.25, 0.3) is 21.3 Å². The van der Waals surface area contributed by atoms with E-state index >= 15 is 0 Å². The second-order valence-corrected chi connectivity index (χ2v) is 15.0. The van der Waals surface area contributed by atoms with Crippen molar-refractivity contribution in [2.45, 2.75) is 95.7 Å². The maximum Gasteiger partial charge on any atom is 0.306 e. The number of carbonyl (C=O) groups excluding carboxylic acids is 1. The van der Waals surface area contributed by atoms with Crippen LogP contribution < -0.4 is 10.0 Å². The van der Waals surface area contributed by atoms with Crippen LogP contribution in [0.15, 0.2) is 34.5 Å². The van der Waals surface area contributed by atoms with Crippen molar-refractivity contribution in [2.24, 2.45) is 11.8 Å². The van der Waals surface area contributed by atoms with Gasteiger partial charge in [0.2, 0.25) is 10.0 Å². The summed E-state index contributed by atoms with van der Waals surface area (Å²) in [7, 11) is -3.74. The molecule has 0 spiro atoms. The summed E-state index contributed by atoms with van der Waals surface area (Å²) in [6.07, 6.45) is 6.89. The Bertz CT molecular complexity index is 1530. The fourth-order valence-corrected chi connectivity index (χ4v) is 8.72. The van der Waals surface area contributed by atoms with Crippen LogP contribution >= 0.6 is 11.3 Å². The first-order chi connectivity index (χ1) is 18.8. The SMILES string of the molecule is Cc1c(C(=O)NC2CC(C(=O)O)C2)cc(-c2ccc(S(=O)(=O)NC(C)(C)C)c3ccsc23)n1CC1CCCCC1. The molecule has 0 unspecified atom stereocenters. The van der Waals surface area contributed by atoms with Crippen LogP contribution in [0.2, 0.25) is 0 Å². The van der Waals surface area contributed by atoms with Gasteiger partial charge in [0.15, 0.2) is 0 Å². The van der Waals surface area contributed by atoms with E-state index in [-0.39, 0.29) is 16.8 Å². The zero-order valence-electron chi connectivity index (χ0n) is 23.6. The summed E-state index contributed by atoms with van der Waals surface area (Å²) in [6, 6.07) is 7.18. The van der Waals surface area contributed by atoms with E-state index in [4.69, 9.17) is 0 Å². The molecule has 1 amide bonds. The monoisotopic (exact) mass is 585 g/mol. The zero-order chi connectivity index (χ0) is 28.8. The first-order valence-corrected chi connectivity index (χ1v) is 16.5. The molecular formula is C30H39N3O5S2. The van der Waals surface area contributed by atoms with Gasteiger partial charge in [-0.25, -0.2) is 13.1 Å². The highest BCUT2D eigenvalue weighted by atomic mass is 32.2. The van der Waals surface area contributed by atoms with Gasteiger partial charge in [-0.2, -0.15) is 0 Å². The molecular weight excluding hydrogens is 546 g/mol. The molecule has 2 fully saturated rings. The lowest BCUT2D eigenvalue weighted by Gasteiger charge is -2.32. The van der Waals surface area contributed by atoms with E-state index in [0.29, 0.717) is 29.7 Å². The van der Waals surface area contributed by atoms with Crippen LogP contribution in [-0.4, -0.2) is 41.5 Å². The maximum atomic E-state index is 13.4. The van der Waals surface area contributed by atoms with Crippen LogP contribution in [-0.2, 0) is 21.4 Å². The normalized spacial score (nSPS) is 20.4. The lowest BCUT2D eigenvalue weighted by molar-refractivity contribution is -0.145. The number of nitrogens with zero attached hydrogens (tertiary/aromatic N) is 1. The quantitative estimate of drug-likeness (QED) is 0.303. The molecule has 216 valence electrons. The molecule has 0 saturated heterocycles. The Morgan fingerprint density at radius 3 is 2.45 bits per heavy atom. The van der Waals surface area contributed by atoms with Crippen molar-refractivity contribution in [2.75, 3.05) is 0 Å². The number of carboxylic acids is 1. The summed E-state index contributed by atoms with van der Waals surface area (Å²) < 4.78 is 32.4. The summed E-state index contributed by atoms with van der Waals surface area (Å²) in [4.78, 5) is 24.9. The third-order valence-corrected chi connectivity index (χ3v) is 10.9. The predicted molar refractivity (Wildman–Crippen MR) is 158 cm³/mol. The Labute approximate surface area is 240 Å². The minimum atomic E-state index is -3.74. The number of rotatable bonds is 8. The van der Waals surface area contributed by atoms with E-state index in [9.17, 15) is 23.1 Å². The molecule has 0 aliphatic heterocycles. The number of hydrogen-bond donors (Lipinski definition) is 3. The average Bonchev–Trinajstić information content (AvgIpc) is 3.45. The highest BCUT2D eigenvalue weighted by Gasteiger charge is 2.36. The smallest absolute Gasteiger partial charge is 0.306 e. The molecule has 40 heavy (non-hydrogen) atoms. The molecule has 2 aromatic heterocycles. The lowest BCUT2D eigenvalue weighted by Crippen LogP contribution is -2.46. The number of benzene rings is 1. The third-order valence-electron chi connectivity index (χ3n) is 8.18. The van der Waals surface area contributed by atoms with Gasteiger partial charge < -0.3 is 15.0 Å². The molecule has 8 nitrogen and oxygen atoms in total. The predicted octanol–water partition coefficient (Wildman–Crippen LogP) is 5.93. The molecule has 2 saturated carbocycles. The van der Waals surface area contributed by atoms with Gasteiger partial charge in [-0.05, 0) is 82.9 Å². The van der Waals surface area contributed by atoms with Crippen molar-refractivity contribution in [3.8, 4) is 11.3 Å². The second kappa shape index (κ2) is 10.9. The van der Waals surface area contributed by atoms with Crippen LogP contribution in [0.3, 0.4) is 0 Å². The van der Waals surface area contributed by atoms with Gasteiger partial charge in [-0.15, -0.1) is 11.3 Å². The summed E-state index contributed by atoms with van der Waals surface area (Å²) in [5.41, 5.74) is 2.67. The molecule has 1 aromatic carbocycles. The van der Waals surface area contributed by atoms with E-state index in [1.54, 1.807) is 6.07 Å².